The van der Waals surface area contributed by atoms with Crippen LogP contribution in [0.15, 0.2) is 42.5 Å². The smallest absolute Gasteiger partial charge is 0.324 e. The van der Waals surface area contributed by atoms with Crippen LogP contribution in [0.5, 0.6) is 5.75 Å². The zero-order chi connectivity index (χ0) is 14.5. The van der Waals surface area contributed by atoms with Crippen molar-refractivity contribution in [1.29, 1.82) is 0 Å². The van der Waals surface area contributed by atoms with Crippen molar-refractivity contribution in [3.63, 3.8) is 0 Å². The Hall–Kier alpha value is -2.47. The van der Waals surface area contributed by atoms with Crippen LogP contribution in [0.3, 0.4) is 0 Å². The van der Waals surface area contributed by atoms with E-state index in [1.165, 1.54) is 18.2 Å². The molecule has 20 heavy (non-hydrogen) atoms. The number of nitrogens with zero attached hydrogens (tertiary/aromatic N) is 1. The molecule has 0 radical (unpaired) electrons. The highest BCUT2D eigenvalue weighted by Gasteiger charge is 2.13. The highest BCUT2D eigenvalue weighted by atomic mass is 32.1. The predicted molar refractivity (Wildman–Crippen MR) is 77.3 cm³/mol. The molecule has 2 aromatic rings. The summed E-state index contributed by atoms with van der Waals surface area (Å²) in [6.45, 7) is 0. The lowest BCUT2D eigenvalue weighted by Crippen LogP contribution is -1.89. The summed E-state index contributed by atoms with van der Waals surface area (Å²) in [5.74, 6) is 0.487. The molecule has 0 saturated heterocycles. The molecule has 0 aliphatic heterocycles. The SMILES string of the molecule is COc1ccc(/C=C/C(=O)c2ccc([N+](=O)[O-])s2)cc1. The summed E-state index contributed by atoms with van der Waals surface area (Å²) in [6.07, 6.45) is 3.06. The standard InChI is InChI=1S/C14H11NO4S/c1-19-11-5-2-10(3-6-11)4-7-12(16)13-8-9-14(20-13)15(17)18/h2-9H,1H3/b7-4+. The minimum Gasteiger partial charge on any atom is -0.497 e. The van der Waals surface area contributed by atoms with Gasteiger partial charge in [-0.1, -0.05) is 29.5 Å². The zero-order valence-electron chi connectivity index (χ0n) is 10.6. The van der Waals surface area contributed by atoms with Crippen LogP contribution < -0.4 is 4.74 Å². The van der Waals surface area contributed by atoms with Crippen molar-refractivity contribution in [2.45, 2.75) is 0 Å². The van der Waals surface area contributed by atoms with Crippen molar-refractivity contribution in [2.24, 2.45) is 0 Å². The second-order valence-corrected chi connectivity index (χ2v) is 4.93. The first-order valence-corrected chi connectivity index (χ1v) is 6.52. The van der Waals surface area contributed by atoms with Gasteiger partial charge in [0, 0.05) is 6.07 Å². The molecule has 0 amide bonds. The van der Waals surface area contributed by atoms with E-state index in [9.17, 15) is 14.9 Å². The molecule has 0 fully saturated rings. The summed E-state index contributed by atoms with van der Waals surface area (Å²) in [5.41, 5.74) is 0.852. The normalized spacial score (nSPS) is 10.7. The first-order valence-electron chi connectivity index (χ1n) is 5.71. The van der Waals surface area contributed by atoms with Gasteiger partial charge in [-0.05, 0) is 29.8 Å². The molecule has 5 nitrogen and oxygen atoms in total. The average Bonchev–Trinajstić information content (AvgIpc) is 2.95. The maximum absolute atomic E-state index is 11.9. The first kappa shape index (κ1) is 14.0. The number of benzene rings is 1. The van der Waals surface area contributed by atoms with Gasteiger partial charge in [0.25, 0.3) is 0 Å². The first-order chi connectivity index (χ1) is 9.60. The van der Waals surface area contributed by atoms with Gasteiger partial charge in [0.2, 0.25) is 0 Å². The van der Waals surface area contributed by atoms with Crippen LogP contribution in [-0.2, 0) is 0 Å². The number of allylic oxidation sites excluding steroid dienone is 1. The third-order valence-corrected chi connectivity index (χ3v) is 3.61. The fraction of sp³-hybridized carbons (Fsp3) is 0.0714. The monoisotopic (exact) mass is 289 g/mol. The van der Waals surface area contributed by atoms with E-state index in [1.807, 2.05) is 12.1 Å². The predicted octanol–water partition coefficient (Wildman–Crippen LogP) is 3.56. The largest absolute Gasteiger partial charge is 0.497 e. The molecule has 0 bridgehead atoms. The quantitative estimate of drug-likeness (QED) is 0.365. The van der Waals surface area contributed by atoms with Crippen LogP contribution >= 0.6 is 11.3 Å². The number of rotatable bonds is 5. The molecule has 102 valence electrons. The number of ether oxygens (including phenoxy) is 1. The molecule has 1 heterocycles. The van der Waals surface area contributed by atoms with Crippen LogP contribution in [0.1, 0.15) is 15.2 Å². The number of carbonyl (C=O) groups excluding carboxylic acids is 1. The molecule has 0 saturated carbocycles. The minimum atomic E-state index is -0.505. The van der Waals surface area contributed by atoms with Gasteiger partial charge in [0.15, 0.2) is 5.78 Å². The van der Waals surface area contributed by atoms with Crippen molar-refractivity contribution in [1.82, 2.24) is 0 Å². The second kappa shape index (κ2) is 6.12. The van der Waals surface area contributed by atoms with Crippen LogP contribution in [0.4, 0.5) is 5.00 Å². The Labute approximate surface area is 119 Å². The highest BCUT2D eigenvalue weighted by Crippen LogP contribution is 2.24. The summed E-state index contributed by atoms with van der Waals surface area (Å²) in [6, 6.07) is 10.0. The summed E-state index contributed by atoms with van der Waals surface area (Å²) in [4.78, 5) is 22.2. The number of nitro groups is 1. The van der Waals surface area contributed by atoms with Crippen LogP contribution in [-0.4, -0.2) is 17.8 Å². The lowest BCUT2D eigenvalue weighted by atomic mass is 10.2. The zero-order valence-corrected chi connectivity index (χ0v) is 11.4. The molecular formula is C14H11NO4S. The highest BCUT2D eigenvalue weighted by molar-refractivity contribution is 7.17. The molecule has 0 spiro atoms. The number of thiophene rings is 1. The average molecular weight is 289 g/mol. The van der Waals surface area contributed by atoms with E-state index < -0.39 is 4.92 Å². The lowest BCUT2D eigenvalue weighted by molar-refractivity contribution is -0.380. The maximum atomic E-state index is 11.9. The number of hydrogen-bond acceptors (Lipinski definition) is 5. The van der Waals surface area contributed by atoms with Gasteiger partial charge >= 0.3 is 5.00 Å². The van der Waals surface area contributed by atoms with Crippen LogP contribution in [0.25, 0.3) is 6.08 Å². The van der Waals surface area contributed by atoms with Crippen molar-refractivity contribution >= 4 is 28.2 Å². The van der Waals surface area contributed by atoms with Gasteiger partial charge in [-0.2, -0.15) is 0 Å². The molecule has 6 heteroatoms. The Morgan fingerprint density at radius 3 is 2.50 bits per heavy atom. The third-order valence-electron chi connectivity index (χ3n) is 2.56. The maximum Gasteiger partial charge on any atom is 0.324 e. The van der Waals surface area contributed by atoms with Gasteiger partial charge in [0.05, 0.1) is 16.9 Å². The second-order valence-electron chi connectivity index (χ2n) is 3.87. The lowest BCUT2D eigenvalue weighted by Gasteiger charge is -1.98. The summed E-state index contributed by atoms with van der Waals surface area (Å²) >= 11 is 0.870. The van der Waals surface area contributed by atoms with Crippen molar-refractivity contribution in [3.8, 4) is 5.75 Å². The van der Waals surface area contributed by atoms with E-state index in [0.717, 1.165) is 22.6 Å². The van der Waals surface area contributed by atoms with Gasteiger partial charge in [-0.3, -0.25) is 14.9 Å². The minimum absolute atomic E-state index is 0.0359. The molecule has 0 atom stereocenters. The Bertz CT molecular complexity index is 658. The molecule has 1 aromatic carbocycles. The number of methoxy groups -OCH3 is 1. The Balaban J connectivity index is 2.09. The van der Waals surface area contributed by atoms with Crippen molar-refractivity contribution < 1.29 is 14.5 Å². The van der Waals surface area contributed by atoms with Crippen molar-refractivity contribution in [3.05, 3.63) is 63.0 Å². The summed E-state index contributed by atoms with van der Waals surface area (Å²) < 4.78 is 5.04. The fourth-order valence-electron chi connectivity index (χ4n) is 1.53. The number of carbonyl (C=O) groups is 1. The summed E-state index contributed by atoms with van der Waals surface area (Å²) in [7, 11) is 1.58. The Morgan fingerprint density at radius 2 is 1.95 bits per heavy atom. The van der Waals surface area contributed by atoms with E-state index in [4.69, 9.17) is 4.74 Å². The number of hydrogen-bond donors (Lipinski definition) is 0. The number of ketones is 1. The molecule has 0 N–H and O–H groups in total. The van der Waals surface area contributed by atoms with E-state index in [2.05, 4.69) is 0 Å². The van der Waals surface area contributed by atoms with Gasteiger partial charge in [-0.15, -0.1) is 0 Å². The fourth-order valence-corrected chi connectivity index (χ4v) is 2.27. The topological polar surface area (TPSA) is 69.4 Å². The van der Waals surface area contributed by atoms with E-state index >= 15 is 0 Å². The molecule has 2 rings (SSSR count). The van der Waals surface area contributed by atoms with E-state index in [1.54, 1.807) is 25.3 Å². The van der Waals surface area contributed by atoms with Crippen LogP contribution in [0, 0.1) is 10.1 Å². The van der Waals surface area contributed by atoms with Crippen LogP contribution in [0.2, 0.25) is 0 Å². The van der Waals surface area contributed by atoms with E-state index in [-0.39, 0.29) is 10.8 Å². The molecule has 0 aliphatic carbocycles. The molecule has 1 aromatic heterocycles. The van der Waals surface area contributed by atoms with Gasteiger partial charge in [0.1, 0.15) is 5.75 Å². The third kappa shape index (κ3) is 3.30. The Morgan fingerprint density at radius 1 is 1.25 bits per heavy atom. The van der Waals surface area contributed by atoms with Gasteiger partial charge < -0.3 is 4.74 Å². The van der Waals surface area contributed by atoms with Crippen molar-refractivity contribution in [2.75, 3.05) is 7.11 Å². The van der Waals surface area contributed by atoms with E-state index in [0.29, 0.717) is 4.88 Å². The molecular weight excluding hydrogens is 278 g/mol. The Kier molecular flexibility index (Phi) is 4.27. The van der Waals surface area contributed by atoms with Gasteiger partial charge in [-0.25, -0.2) is 0 Å². The molecule has 0 aliphatic rings. The summed E-state index contributed by atoms with van der Waals surface area (Å²) in [5, 5.41) is 10.5. The molecule has 0 unspecified atom stereocenters.